The van der Waals surface area contributed by atoms with E-state index in [2.05, 4.69) is 24.5 Å². The van der Waals surface area contributed by atoms with Crippen molar-refractivity contribution < 1.29 is 9.47 Å². The molecule has 0 aromatic heterocycles. The number of rotatable bonds is 20. The van der Waals surface area contributed by atoms with Crippen molar-refractivity contribution in [3.05, 3.63) is 23.8 Å². The van der Waals surface area contributed by atoms with Gasteiger partial charge in [0, 0.05) is 11.4 Å². The summed E-state index contributed by atoms with van der Waals surface area (Å²) in [5.41, 5.74) is 2.89. The predicted molar refractivity (Wildman–Crippen MR) is 161 cm³/mol. The van der Waals surface area contributed by atoms with E-state index in [1.165, 1.54) is 89.9 Å². The maximum absolute atomic E-state index is 5.73. The van der Waals surface area contributed by atoms with Gasteiger partial charge in [-0.1, -0.05) is 110 Å². The molecule has 0 aliphatic carbocycles. The Morgan fingerprint density at radius 3 is 1.54 bits per heavy atom. The fourth-order valence-corrected chi connectivity index (χ4v) is 4.33. The van der Waals surface area contributed by atoms with Gasteiger partial charge in [0.1, 0.15) is 0 Å². The first-order valence-electron chi connectivity index (χ1n) is 14.0. The van der Waals surface area contributed by atoms with Crippen LogP contribution >= 0.6 is 24.4 Å². The molecule has 0 amide bonds. The van der Waals surface area contributed by atoms with Gasteiger partial charge < -0.3 is 20.1 Å². The number of hydrogen-bond acceptors (Lipinski definition) is 4. The first-order valence-corrected chi connectivity index (χ1v) is 14.9. The van der Waals surface area contributed by atoms with Crippen molar-refractivity contribution in [1.29, 1.82) is 0 Å². The molecule has 0 aliphatic heterocycles. The Morgan fingerprint density at radius 2 is 1.06 bits per heavy atom. The van der Waals surface area contributed by atoms with Gasteiger partial charge in [0.15, 0.2) is 0 Å². The van der Waals surface area contributed by atoms with Crippen molar-refractivity contribution in [2.75, 3.05) is 23.8 Å². The summed E-state index contributed by atoms with van der Waals surface area (Å²) in [7, 11) is 0. The molecular weight excluding hydrogens is 472 g/mol. The summed E-state index contributed by atoms with van der Waals surface area (Å²) in [6.07, 6.45) is 20.4. The van der Waals surface area contributed by atoms with Crippen molar-refractivity contribution in [3.8, 4) is 0 Å². The van der Waals surface area contributed by atoms with Crippen LogP contribution in [-0.2, 0) is 9.47 Å². The fourth-order valence-electron chi connectivity index (χ4n) is 3.94. The lowest BCUT2D eigenvalue weighted by Gasteiger charge is -2.15. The van der Waals surface area contributed by atoms with E-state index in [4.69, 9.17) is 33.9 Å². The predicted octanol–water partition coefficient (Wildman–Crippen LogP) is 9.70. The van der Waals surface area contributed by atoms with Gasteiger partial charge >= 0.3 is 0 Å². The van der Waals surface area contributed by atoms with Crippen LogP contribution in [0.3, 0.4) is 0 Å². The second-order valence-electron chi connectivity index (χ2n) is 9.50. The van der Waals surface area contributed by atoms with E-state index < -0.39 is 0 Å². The van der Waals surface area contributed by atoms with E-state index in [9.17, 15) is 0 Å². The number of unbranched alkanes of at least 4 members (excludes halogenated alkanes) is 14. The number of benzene rings is 1. The van der Waals surface area contributed by atoms with Crippen LogP contribution in [0.2, 0.25) is 0 Å². The van der Waals surface area contributed by atoms with Crippen molar-refractivity contribution in [3.63, 3.8) is 0 Å². The van der Waals surface area contributed by atoms with Gasteiger partial charge in [0.25, 0.3) is 10.3 Å². The fraction of sp³-hybridized carbons (Fsp3) is 0.724. The standard InChI is InChI=1S/C29H50N2O2S2/c1-4-6-8-10-12-14-16-18-22-32-28(34)30-26-21-20-25(3)27(24-26)31-29(35)33-23-19-17-15-13-11-9-7-5-2/h20-21,24H,4-19,22-23H2,1-3H3,(H,30,34)(H,31,35). The number of aryl methyl sites for hydroxylation is 1. The topological polar surface area (TPSA) is 42.5 Å². The lowest BCUT2D eigenvalue weighted by atomic mass is 10.1. The molecule has 6 heteroatoms. The molecule has 0 saturated carbocycles. The van der Waals surface area contributed by atoms with E-state index in [-0.39, 0.29) is 0 Å². The molecule has 1 rings (SSSR count). The van der Waals surface area contributed by atoms with Gasteiger partial charge in [0.05, 0.1) is 13.2 Å². The number of thiocarbonyl (C=S) groups is 2. The van der Waals surface area contributed by atoms with Gasteiger partial charge in [-0.2, -0.15) is 0 Å². The third kappa shape index (κ3) is 17.6. The minimum atomic E-state index is 0.413. The van der Waals surface area contributed by atoms with Crippen LogP contribution in [0.15, 0.2) is 18.2 Å². The van der Waals surface area contributed by atoms with E-state index in [0.29, 0.717) is 23.6 Å². The highest BCUT2D eigenvalue weighted by molar-refractivity contribution is 7.80. The Labute approximate surface area is 226 Å². The highest BCUT2D eigenvalue weighted by Gasteiger charge is 2.06. The van der Waals surface area contributed by atoms with E-state index in [1.807, 2.05) is 25.1 Å². The Hall–Kier alpha value is -1.40. The van der Waals surface area contributed by atoms with Gasteiger partial charge in [-0.25, -0.2) is 0 Å². The third-order valence-electron chi connectivity index (χ3n) is 6.18. The SMILES string of the molecule is CCCCCCCCCCOC(=S)Nc1ccc(C)c(NC(=S)OCCCCCCCCCC)c1. The molecule has 200 valence electrons. The third-order valence-corrected chi connectivity index (χ3v) is 6.62. The van der Waals surface area contributed by atoms with Gasteiger partial charge in [-0.3, -0.25) is 0 Å². The highest BCUT2D eigenvalue weighted by atomic mass is 32.1. The van der Waals surface area contributed by atoms with Gasteiger partial charge in [-0.05, 0) is 61.9 Å². The second kappa shape index (κ2) is 21.8. The quantitative estimate of drug-likeness (QED) is 0.131. The van der Waals surface area contributed by atoms with Crippen LogP contribution in [0, 0.1) is 6.92 Å². The zero-order chi connectivity index (χ0) is 25.6. The van der Waals surface area contributed by atoms with Crippen LogP contribution in [0.1, 0.15) is 122 Å². The van der Waals surface area contributed by atoms with Crippen molar-refractivity contribution in [2.24, 2.45) is 0 Å². The molecule has 0 atom stereocenters. The van der Waals surface area contributed by atoms with Crippen LogP contribution in [0.5, 0.6) is 0 Å². The largest absolute Gasteiger partial charge is 0.471 e. The Morgan fingerprint density at radius 1 is 0.629 bits per heavy atom. The molecule has 0 radical (unpaired) electrons. The summed E-state index contributed by atoms with van der Waals surface area (Å²) in [5.74, 6) is 0. The minimum Gasteiger partial charge on any atom is -0.471 e. The molecule has 1 aromatic rings. The molecular formula is C29H50N2O2S2. The van der Waals surface area contributed by atoms with Gasteiger partial charge in [-0.15, -0.1) is 0 Å². The lowest BCUT2D eigenvalue weighted by Crippen LogP contribution is -2.16. The van der Waals surface area contributed by atoms with Crippen molar-refractivity contribution in [2.45, 2.75) is 124 Å². The van der Waals surface area contributed by atoms with Crippen LogP contribution < -0.4 is 10.6 Å². The van der Waals surface area contributed by atoms with Crippen LogP contribution in [0.25, 0.3) is 0 Å². The second-order valence-corrected chi connectivity index (χ2v) is 10.2. The Balaban J connectivity index is 2.21. The molecule has 0 saturated heterocycles. The molecule has 2 N–H and O–H groups in total. The first-order chi connectivity index (χ1) is 17.1. The van der Waals surface area contributed by atoms with E-state index >= 15 is 0 Å². The molecule has 4 nitrogen and oxygen atoms in total. The zero-order valence-electron chi connectivity index (χ0n) is 22.6. The summed E-state index contributed by atoms with van der Waals surface area (Å²) in [6.45, 7) is 7.88. The molecule has 0 heterocycles. The van der Waals surface area contributed by atoms with E-state index in [0.717, 1.165) is 29.8 Å². The first kappa shape index (κ1) is 31.6. The summed E-state index contributed by atoms with van der Waals surface area (Å²) in [5, 5.41) is 7.23. The Kier molecular flexibility index (Phi) is 19.7. The zero-order valence-corrected chi connectivity index (χ0v) is 24.2. The summed E-state index contributed by atoms with van der Waals surface area (Å²) in [6, 6.07) is 6.02. The summed E-state index contributed by atoms with van der Waals surface area (Å²) < 4.78 is 11.4. The molecule has 0 aliphatic rings. The average Bonchev–Trinajstić information content (AvgIpc) is 2.84. The monoisotopic (exact) mass is 522 g/mol. The van der Waals surface area contributed by atoms with Crippen molar-refractivity contribution in [1.82, 2.24) is 0 Å². The molecule has 0 unspecified atom stereocenters. The van der Waals surface area contributed by atoms with E-state index in [1.54, 1.807) is 0 Å². The summed E-state index contributed by atoms with van der Waals surface area (Å²) >= 11 is 10.8. The molecule has 0 fully saturated rings. The maximum atomic E-state index is 5.73. The van der Waals surface area contributed by atoms with Crippen LogP contribution in [0.4, 0.5) is 11.4 Å². The minimum absolute atomic E-state index is 0.413. The smallest absolute Gasteiger partial charge is 0.261 e. The number of ether oxygens (including phenoxy) is 2. The lowest BCUT2D eigenvalue weighted by molar-refractivity contribution is 0.298. The maximum Gasteiger partial charge on any atom is 0.261 e. The normalized spacial score (nSPS) is 10.7. The molecule has 0 spiro atoms. The number of anilines is 2. The molecule has 1 aromatic carbocycles. The van der Waals surface area contributed by atoms with Crippen molar-refractivity contribution >= 4 is 46.2 Å². The highest BCUT2D eigenvalue weighted by Crippen LogP contribution is 2.21. The summed E-state index contributed by atoms with van der Waals surface area (Å²) in [4.78, 5) is 0. The van der Waals surface area contributed by atoms with Crippen LogP contribution in [-0.4, -0.2) is 23.6 Å². The Bertz CT molecular complexity index is 697. The van der Waals surface area contributed by atoms with Gasteiger partial charge in [0.2, 0.25) is 0 Å². The number of nitrogens with one attached hydrogen (secondary N) is 2. The number of hydrogen-bond donors (Lipinski definition) is 2. The molecule has 35 heavy (non-hydrogen) atoms. The average molecular weight is 523 g/mol. The molecule has 0 bridgehead atoms.